The summed E-state index contributed by atoms with van der Waals surface area (Å²) >= 11 is 12.4. The molecule has 41 heavy (non-hydrogen) atoms. The number of piperidine rings is 1. The maximum Gasteiger partial charge on any atom is 0.428 e. The van der Waals surface area contributed by atoms with Gasteiger partial charge in [-0.1, -0.05) is 59.0 Å². The first-order valence-corrected chi connectivity index (χ1v) is 14.5. The fourth-order valence-corrected chi connectivity index (χ4v) is 5.23. The molecule has 11 nitrogen and oxygen atoms in total. The number of anilines is 1. The molecule has 13 heteroatoms. The summed E-state index contributed by atoms with van der Waals surface area (Å²) in [5.41, 5.74) is 5.88. The van der Waals surface area contributed by atoms with Crippen molar-refractivity contribution in [3.8, 4) is 28.4 Å². The molecular formula is C28H29Cl2N9O2. The predicted molar refractivity (Wildman–Crippen MR) is 156 cm³/mol. The highest BCUT2D eigenvalue weighted by Gasteiger charge is 2.23. The standard InChI is InChI=1S/C28H29Cl2N9O2/c29-21-10-6-19(7-11-21)24-25(20-8-12-22(30)13-9-20)32-26(41-28(40)35-38-16-2-1-3-17-38)23(31-24)18-39-34-27(33-36-39)37-14-4-5-15-37/h6-13H,1-5,14-18H2,(H,35,40). The first-order chi connectivity index (χ1) is 20.0. The van der Waals surface area contributed by atoms with E-state index < -0.39 is 6.09 Å². The molecular weight excluding hydrogens is 565 g/mol. The van der Waals surface area contributed by atoms with Gasteiger partial charge in [0, 0.05) is 47.4 Å². The number of aromatic nitrogens is 6. The molecule has 0 radical (unpaired) electrons. The van der Waals surface area contributed by atoms with Gasteiger partial charge in [-0.2, -0.15) is 4.80 Å². The summed E-state index contributed by atoms with van der Waals surface area (Å²) in [4.78, 5) is 26.4. The van der Waals surface area contributed by atoms with Crippen LogP contribution in [0.1, 0.15) is 37.8 Å². The van der Waals surface area contributed by atoms with Crippen LogP contribution in [0, 0.1) is 0 Å². The van der Waals surface area contributed by atoms with E-state index in [2.05, 4.69) is 25.7 Å². The van der Waals surface area contributed by atoms with Gasteiger partial charge in [-0.25, -0.2) is 19.8 Å². The number of nitrogens with zero attached hydrogens (tertiary/aromatic N) is 8. The van der Waals surface area contributed by atoms with Gasteiger partial charge >= 0.3 is 6.09 Å². The van der Waals surface area contributed by atoms with Gasteiger partial charge in [0.15, 0.2) is 0 Å². The van der Waals surface area contributed by atoms with E-state index in [4.69, 9.17) is 37.9 Å². The Morgan fingerprint density at radius 1 is 0.805 bits per heavy atom. The number of carbonyl (C=O) groups excluding carboxylic acids is 1. The number of amides is 1. The summed E-state index contributed by atoms with van der Waals surface area (Å²) in [5, 5.41) is 16.1. The fourth-order valence-electron chi connectivity index (χ4n) is 4.98. The third-order valence-electron chi connectivity index (χ3n) is 7.08. The molecule has 4 heterocycles. The van der Waals surface area contributed by atoms with Crippen molar-refractivity contribution in [2.45, 2.75) is 38.6 Å². The lowest BCUT2D eigenvalue weighted by molar-refractivity contribution is 0.127. The van der Waals surface area contributed by atoms with Crippen molar-refractivity contribution in [1.82, 2.24) is 40.6 Å². The Bertz CT molecular complexity index is 1500. The molecule has 1 amide bonds. The minimum absolute atomic E-state index is 0.0576. The Balaban J connectivity index is 1.40. The van der Waals surface area contributed by atoms with Gasteiger partial charge in [-0.3, -0.25) is 5.43 Å². The van der Waals surface area contributed by atoms with Crippen molar-refractivity contribution in [2.75, 3.05) is 31.1 Å². The zero-order chi connectivity index (χ0) is 28.2. The Morgan fingerprint density at radius 2 is 1.39 bits per heavy atom. The molecule has 0 atom stereocenters. The number of hydrazine groups is 1. The first kappa shape index (κ1) is 27.4. The molecule has 2 fully saturated rings. The normalized spacial score (nSPS) is 15.7. The number of nitrogens with one attached hydrogen (secondary N) is 1. The van der Waals surface area contributed by atoms with E-state index in [1.807, 2.05) is 29.3 Å². The molecule has 0 aliphatic carbocycles. The highest BCUT2D eigenvalue weighted by Crippen LogP contribution is 2.34. The van der Waals surface area contributed by atoms with E-state index in [9.17, 15) is 4.79 Å². The lowest BCUT2D eigenvalue weighted by Crippen LogP contribution is -2.46. The number of carbonyl (C=O) groups is 1. The Morgan fingerprint density at radius 3 is 2.02 bits per heavy atom. The highest BCUT2D eigenvalue weighted by atomic mass is 35.5. The molecule has 212 valence electrons. The van der Waals surface area contributed by atoms with Crippen molar-refractivity contribution in [3.63, 3.8) is 0 Å². The van der Waals surface area contributed by atoms with Crippen LogP contribution < -0.4 is 15.1 Å². The molecule has 0 bridgehead atoms. The number of benzene rings is 2. The van der Waals surface area contributed by atoms with E-state index in [1.54, 1.807) is 24.3 Å². The molecule has 2 aromatic heterocycles. The Hall–Kier alpha value is -3.80. The van der Waals surface area contributed by atoms with Crippen molar-refractivity contribution in [1.29, 1.82) is 0 Å². The van der Waals surface area contributed by atoms with Crippen LogP contribution in [0.2, 0.25) is 10.0 Å². The number of tetrazole rings is 1. The minimum Gasteiger partial charge on any atom is -0.388 e. The predicted octanol–water partition coefficient (Wildman–Crippen LogP) is 5.24. The topological polar surface area (TPSA) is 114 Å². The van der Waals surface area contributed by atoms with Gasteiger partial charge in [0.2, 0.25) is 5.88 Å². The average Bonchev–Trinajstić information content (AvgIpc) is 3.68. The van der Waals surface area contributed by atoms with E-state index >= 15 is 0 Å². The van der Waals surface area contributed by atoms with Crippen LogP contribution >= 0.6 is 23.2 Å². The SMILES string of the molecule is O=C(NN1CCCCC1)Oc1nc(-c2ccc(Cl)cc2)c(-c2ccc(Cl)cc2)nc1Cn1nnc(N2CCCC2)n1. The molecule has 4 aromatic rings. The Labute approximate surface area is 247 Å². The van der Waals surface area contributed by atoms with Crippen molar-refractivity contribution >= 4 is 35.2 Å². The van der Waals surface area contributed by atoms with Gasteiger partial charge in [-0.15, -0.1) is 5.10 Å². The summed E-state index contributed by atoms with van der Waals surface area (Å²) in [5.74, 6) is 0.624. The second kappa shape index (κ2) is 12.4. The average molecular weight is 595 g/mol. The zero-order valence-electron chi connectivity index (χ0n) is 22.3. The van der Waals surface area contributed by atoms with E-state index in [0.29, 0.717) is 33.1 Å². The molecule has 0 saturated carbocycles. The summed E-state index contributed by atoms with van der Waals surface area (Å²) < 4.78 is 5.81. The van der Waals surface area contributed by atoms with E-state index in [0.717, 1.165) is 69.4 Å². The largest absolute Gasteiger partial charge is 0.428 e. The van der Waals surface area contributed by atoms with Crippen LogP contribution in [0.3, 0.4) is 0 Å². The molecule has 0 spiro atoms. The van der Waals surface area contributed by atoms with Gasteiger partial charge in [-0.05, 0) is 55.2 Å². The van der Waals surface area contributed by atoms with Gasteiger partial charge in [0.25, 0.3) is 5.95 Å². The summed E-state index contributed by atoms with van der Waals surface area (Å²) in [6.07, 6.45) is 4.73. The lowest BCUT2D eigenvalue weighted by atomic mass is 10.0. The zero-order valence-corrected chi connectivity index (χ0v) is 23.9. The number of hydrogen-bond acceptors (Lipinski definition) is 9. The molecule has 2 aliphatic heterocycles. The number of ether oxygens (including phenoxy) is 1. The number of halogens is 2. The Kier molecular flexibility index (Phi) is 8.26. The maximum atomic E-state index is 13.0. The maximum absolute atomic E-state index is 13.0. The monoisotopic (exact) mass is 593 g/mol. The van der Waals surface area contributed by atoms with Gasteiger partial charge in [0.1, 0.15) is 17.9 Å². The van der Waals surface area contributed by atoms with Crippen LogP contribution in [0.25, 0.3) is 22.5 Å². The van der Waals surface area contributed by atoms with Crippen LogP contribution in [-0.4, -0.2) is 67.5 Å². The van der Waals surface area contributed by atoms with Crippen LogP contribution in [0.15, 0.2) is 48.5 Å². The number of hydrogen-bond donors (Lipinski definition) is 1. The smallest absolute Gasteiger partial charge is 0.388 e. The number of rotatable bonds is 7. The van der Waals surface area contributed by atoms with Crippen LogP contribution in [-0.2, 0) is 6.54 Å². The lowest BCUT2D eigenvalue weighted by Gasteiger charge is -2.26. The van der Waals surface area contributed by atoms with Crippen molar-refractivity contribution in [2.24, 2.45) is 0 Å². The highest BCUT2D eigenvalue weighted by molar-refractivity contribution is 6.31. The van der Waals surface area contributed by atoms with Crippen molar-refractivity contribution in [3.05, 3.63) is 64.3 Å². The summed E-state index contributed by atoms with van der Waals surface area (Å²) in [7, 11) is 0. The molecule has 2 aromatic carbocycles. The minimum atomic E-state index is -0.631. The van der Waals surface area contributed by atoms with Crippen molar-refractivity contribution < 1.29 is 9.53 Å². The van der Waals surface area contributed by atoms with E-state index in [-0.39, 0.29) is 12.4 Å². The van der Waals surface area contributed by atoms with E-state index in [1.165, 1.54) is 4.80 Å². The van der Waals surface area contributed by atoms with Crippen LogP contribution in [0.5, 0.6) is 5.88 Å². The molecule has 1 N–H and O–H groups in total. The molecule has 0 unspecified atom stereocenters. The molecule has 6 rings (SSSR count). The molecule has 2 aliphatic rings. The third-order valence-corrected chi connectivity index (χ3v) is 7.59. The second-order valence-corrected chi connectivity index (χ2v) is 10.9. The van der Waals surface area contributed by atoms with Gasteiger partial charge in [0.05, 0.1) is 5.69 Å². The summed E-state index contributed by atoms with van der Waals surface area (Å²) in [6.45, 7) is 3.42. The fraction of sp³-hybridized carbons (Fsp3) is 0.357. The third kappa shape index (κ3) is 6.58. The quantitative estimate of drug-likeness (QED) is 0.307. The first-order valence-electron chi connectivity index (χ1n) is 13.7. The summed E-state index contributed by atoms with van der Waals surface area (Å²) in [6, 6.07) is 14.6. The molecule has 2 saturated heterocycles. The van der Waals surface area contributed by atoms with Crippen LogP contribution in [0.4, 0.5) is 10.7 Å². The van der Waals surface area contributed by atoms with Gasteiger partial charge < -0.3 is 9.64 Å². The second-order valence-electron chi connectivity index (χ2n) is 10.0.